The zero-order chi connectivity index (χ0) is 19.6. The highest BCUT2D eigenvalue weighted by atomic mass is 35.5. The molecular weight excluding hydrogens is 328 g/mol. The maximum absolute atomic E-state index is 13.0. The first kappa shape index (κ1) is 12.5. The molecule has 0 aromatic carbocycles. The minimum Gasteiger partial charge on any atom is -0.351 e. The first-order chi connectivity index (χ1) is 12.6. The van der Waals surface area contributed by atoms with Crippen LogP contribution < -0.4 is 11.0 Å². The van der Waals surface area contributed by atoms with Crippen molar-refractivity contribution in [3.63, 3.8) is 0 Å². The van der Waals surface area contributed by atoms with Crippen LogP contribution in [-0.4, -0.2) is 25.6 Å². The smallest absolute Gasteiger partial charge is 0.329 e. The van der Waals surface area contributed by atoms with Crippen LogP contribution in [0.1, 0.15) is 49.2 Å². The Morgan fingerprint density at radius 1 is 1.46 bits per heavy atom. The van der Waals surface area contributed by atoms with Gasteiger partial charge in [-0.25, -0.2) is 9.78 Å². The molecule has 2 fully saturated rings. The third-order valence-electron chi connectivity index (χ3n) is 5.18. The SMILES string of the molecule is [2H]C([2H])([2H])n1c(=O)n([C@@H]2CC[C@@](C)(NC(=O)C3CC3)C2)c2cc(Cl)ncc21. The fraction of sp³-hybridized carbons (Fsp3) is 0.588. The zero-order valence-corrected chi connectivity index (χ0v) is 14.1. The quantitative estimate of drug-likeness (QED) is 0.863. The zero-order valence-electron chi connectivity index (χ0n) is 16.4. The van der Waals surface area contributed by atoms with E-state index in [4.69, 9.17) is 15.7 Å². The number of hydrogen-bond acceptors (Lipinski definition) is 3. The number of hydrogen-bond donors (Lipinski definition) is 1. The topological polar surface area (TPSA) is 68.9 Å². The molecule has 1 N–H and O–H groups in total. The number of fused-ring (bicyclic) bond motifs is 1. The van der Waals surface area contributed by atoms with Crippen molar-refractivity contribution in [2.75, 3.05) is 0 Å². The summed E-state index contributed by atoms with van der Waals surface area (Å²) in [6.07, 6.45) is 5.14. The first-order valence-corrected chi connectivity index (χ1v) is 8.58. The van der Waals surface area contributed by atoms with E-state index >= 15 is 0 Å². The highest BCUT2D eigenvalue weighted by Crippen LogP contribution is 2.39. The number of aromatic nitrogens is 3. The van der Waals surface area contributed by atoms with Gasteiger partial charge in [-0.1, -0.05) is 11.6 Å². The monoisotopic (exact) mass is 351 g/mol. The van der Waals surface area contributed by atoms with Gasteiger partial charge in [-0.15, -0.1) is 0 Å². The van der Waals surface area contributed by atoms with Crippen LogP contribution in [0, 0.1) is 5.92 Å². The maximum Gasteiger partial charge on any atom is 0.329 e. The number of imidazole rings is 1. The summed E-state index contributed by atoms with van der Waals surface area (Å²) in [5, 5.41) is 3.32. The Hall–Kier alpha value is -1.82. The molecule has 4 rings (SSSR count). The van der Waals surface area contributed by atoms with E-state index in [1.807, 2.05) is 6.92 Å². The third kappa shape index (κ3) is 2.53. The second kappa shape index (κ2) is 5.34. The second-order valence-corrected chi connectivity index (χ2v) is 7.59. The molecule has 0 saturated heterocycles. The van der Waals surface area contributed by atoms with Gasteiger partial charge in [0.15, 0.2) is 0 Å². The Morgan fingerprint density at radius 3 is 2.96 bits per heavy atom. The lowest BCUT2D eigenvalue weighted by Gasteiger charge is -2.26. The molecule has 6 nitrogen and oxygen atoms in total. The summed E-state index contributed by atoms with van der Waals surface area (Å²) >= 11 is 6.01. The number of carbonyl (C=O) groups is 1. The van der Waals surface area contributed by atoms with E-state index in [1.165, 1.54) is 16.8 Å². The summed E-state index contributed by atoms with van der Waals surface area (Å²) in [7, 11) is 0. The molecule has 0 unspecified atom stereocenters. The van der Waals surface area contributed by atoms with Crippen molar-refractivity contribution in [2.24, 2.45) is 12.9 Å². The number of carbonyl (C=O) groups excluding carboxylic acids is 1. The Bertz CT molecular complexity index is 979. The molecule has 2 atom stereocenters. The van der Waals surface area contributed by atoms with Crippen molar-refractivity contribution in [3.8, 4) is 0 Å². The molecule has 0 aliphatic heterocycles. The van der Waals surface area contributed by atoms with Crippen LogP contribution >= 0.6 is 11.6 Å². The van der Waals surface area contributed by atoms with Gasteiger partial charge in [-0.05, 0) is 39.0 Å². The number of pyridine rings is 1. The first-order valence-electron chi connectivity index (χ1n) is 9.70. The standard InChI is InChI=1S/C17H21ClN4O2/c1-17(20-15(23)10-3-4-10)6-5-11(8-17)22-12-7-14(18)19-9-13(12)21(2)16(22)24/h7,9-11H,3-6,8H2,1-2H3,(H,20,23)/t11-,17-/m1/s1/i2D3. The van der Waals surface area contributed by atoms with Gasteiger partial charge in [-0.2, -0.15) is 0 Å². The number of nitrogens with zero attached hydrogens (tertiary/aromatic N) is 3. The summed E-state index contributed by atoms with van der Waals surface area (Å²) in [4.78, 5) is 29.1. The van der Waals surface area contributed by atoms with Gasteiger partial charge >= 0.3 is 5.69 Å². The van der Waals surface area contributed by atoms with Crippen molar-refractivity contribution < 1.29 is 8.91 Å². The highest BCUT2D eigenvalue weighted by molar-refractivity contribution is 6.29. The van der Waals surface area contributed by atoms with E-state index in [2.05, 4.69) is 10.3 Å². The van der Waals surface area contributed by atoms with Crippen molar-refractivity contribution in [1.82, 2.24) is 19.4 Å². The number of rotatable bonds is 3. The molecule has 2 saturated carbocycles. The van der Waals surface area contributed by atoms with Crippen molar-refractivity contribution in [2.45, 2.75) is 50.6 Å². The number of aryl methyl sites for hydroxylation is 1. The second-order valence-electron chi connectivity index (χ2n) is 7.20. The fourth-order valence-electron chi connectivity index (χ4n) is 3.73. The van der Waals surface area contributed by atoms with E-state index in [-0.39, 0.29) is 28.5 Å². The Kier molecular flexibility index (Phi) is 2.79. The van der Waals surface area contributed by atoms with Crippen LogP contribution in [0.2, 0.25) is 5.15 Å². The number of halogens is 1. The Balaban J connectivity index is 1.74. The molecule has 0 bridgehead atoms. The average Bonchev–Trinajstić information content (AvgIpc) is 3.27. The minimum atomic E-state index is -2.61. The Labute approximate surface area is 149 Å². The fourth-order valence-corrected chi connectivity index (χ4v) is 3.89. The third-order valence-corrected chi connectivity index (χ3v) is 5.39. The largest absolute Gasteiger partial charge is 0.351 e. The van der Waals surface area contributed by atoms with Gasteiger partial charge < -0.3 is 5.32 Å². The van der Waals surface area contributed by atoms with Crippen molar-refractivity contribution in [1.29, 1.82) is 0 Å². The number of nitrogens with one attached hydrogen (secondary N) is 1. The van der Waals surface area contributed by atoms with Crippen LogP contribution in [0.4, 0.5) is 0 Å². The van der Waals surface area contributed by atoms with Crippen LogP contribution in [0.15, 0.2) is 17.1 Å². The van der Waals surface area contributed by atoms with Gasteiger partial charge in [0.2, 0.25) is 5.91 Å². The predicted octanol–water partition coefficient (Wildman–Crippen LogP) is 2.40. The molecule has 2 aliphatic rings. The van der Waals surface area contributed by atoms with Crippen LogP contribution in [-0.2, 0) is 11.8 Å². The Morgan fingerprint density at radius 2 is 2.25 bits per heavy atom. The lowest BCUT2D eigenvalue weighted by Crippen LogP contribution is -2.45. The summed E-state index contributed by atoms with van der Waals surface area (Å²) in [5.74, 6) is 0.189. The molecule has 0 radical (unpaired) electrons. The molecule has 0 spiro atoms. The van der Waals surface area contributed by atoms with E-state index < -0.39 is 18.2 Å². The molecule has 2 aliphatic carbocycles. The summed E-state index contributed by atoms with van der Waals surface area (Å²) in [6.45, 7) is -0.631. The average molecular weight is 352 g/mol. The van der Waals surface area contributed by atoms with Crippen LogP contribution in [0.5, 0.6) is 0 Å². The maximum atomic E-state index is 13.0. The molecule has 2 aromatic rings. The molecule has 2 heterocycles. The van der Waals surface area contributed by atoms with E-state index in [1.54, 1.807) is 0 Å². The van der Waals surface area contributed by atoms with E-state index in [0.29, 0.717) is 18.4 Å². The molecular formula is C17H21ClN4O2. The van der Waals surface area contributed by atoms with Gasteiger partial charge in [0.05, 0.1) is 17.2 Å². The molecule has 24 heavy (non-hydrogen) atoms. The van der Waals surface area contributed by atoms with Gasteiger partial charge in [0, 0.05) is 34.7 Å². The molecule has 1 amide bonds. The summed E-state index contributed by atoms with van der Waals surface area (Å²) < 4.78 is 25.5. The van der Waals surface area contributed by atoms with Gasteiger partial charge in [0.25, 0.3) is 0 Å². The molecule has 2 aromatic heterocycles. The number of amides is 1. The summed E-state index contributed by atoms with van der Waals surface area (Å²) in [6, 6.07) is 1.31. The highest BCUT2D eigenvalue weighted by Gasteiger charge is 2.41. The molecule has 7 heteroatoms. The van der Waals surface area contributed by atoms with Gasteiger partial charge in [0.1, 0.15) is 5.15 Å². The normalized spacial score (nSPS) is 29.2. The van der Waals surface area contributed by atoms with Crippen LogP contribution in [0.3, 0.4) is 0 Å². The van der Waals surface area contributed by atoms with E-state index in [9.17, 15) is 9.59 Å². The minimum absolute atomic E-state index is 0.0719. The van der Waals surface area contributed by atoms with Crippen LogP contribution in [0.25, 0.3) is 11.0 Å². The molecule has 128 valence electrons. The lowest BCUT2D eigenvalue weighted by molar-refractivity contribution is -0.124. The predicted molar refractivity (Wildman–Crippen MR) is 92.1 cm³/mol. The van der Waals surface area contributed by atoms with Crippen molar-refractivity contribution in [3.05, 3.63) is 27.9 Å². The van der Waals surface area contributed by atoms with E-state index in [0.717, 1.165) is 23.8 Å². The lowest BCUT2D eigenvalue weighted by atomic mass is 10.00. The van der Waals surface area contributed by atoms with Gasteiger partial charge in [-0.3, -0.25) is 13.9 Å². The summed E-state index contributed by atoms with van der Waals surface area (Å²) in [5.41, 5.74) is -0.314. The van der Waals surface area contributed by atoms with Crippen molar-refractivity contribution >= 4 is 28.5 Å².